The number of carboxylic acid groups (broad SMARTS) is 1. The maximum Gasteiger partial charge on any atom is 0.314 e. The van der Waals surface area contributed by atoms with Crippen molar-refractivity contribution in [2.75, 3.05) is 13.2 Å². The number of rotatable bonds is 1. The van der Waals surface area contributed by atoms with Crippen LogP contribution < -0.4 is 0 Å². The molecule has 1 aliphatic heterocycles. The summed E-state index contributed by atoms with van der Waals surface area (Å²) in [4.78, 5) is 19.1. The second-order valence-corrected chi connectivity index (χ2v) is 2.46. The zero-order chi connectivity index (χ0) is 7.61. The third kappa shape index (κ3) is 1.26. The van der Waals surface area contributed by atoms with Gasteiger partial charge in [-0.1, -0.05) is 5.04 Å². The Morgan fingerprint density at radius 1 is 1.50 bits per heavy atom. The molecule has 0 amide bonds. The molecule has 0 spiro atoms. The average Bonchev–Trinajstić information content (AvgIpc) is 1.89. The quantitative estimate of drug-likeness (QED) is 0.529. The van der Waals surface area contributed by atoms with Gasteiger partial charge in [0.1, 0.15) is 18.6 Å². The van der Waals surface area contributed by atoms with Crippen LogP contribution in [0.3, 0.4) is 0 Å². The van der Waals surface area contributed by atoms with Gasteiger partial charge in [0.25, 0.3) is 0 Å². The van der Waals surface area contributed by atoms with Gasteiger partial charge in [-0.05, 0) is 6.92 Å². The summed E-state index contributed by atoms with van der Waals surface area (Å²) in [7, 11) is 0. The third-order valence-electron chi connectivity index (χ3n) is 1.37. The summed E-state index contributed by atoms with van der Waals surface area (Å²) in [5, 5.41) is 12.6. The van der Waals surface area contributed by atoms with Gasteiger partial charge >= 0.3 is 5.97 Å². The lowest BCUT2D eigenvalue weighted by atomic mass is 9.93. The Morgan fingerprint density at radius 3 is 2.30 bits per heavy atom. The van der Waals surface area contributed by atoms with Gasteiger partial charge in [-0.15, -0.1) is 0 Å². The van der Waals surface area contributed by atoms with Crippen LogP contribution in [-0.4, -0.2) is 24.3 Å². The summed E-state index contributed by atoms with van der Waals surface area (Å²) in [6, 6.07) is 0. The lowest BCUT2D eigenvalue weighted by Crippen LogP contribution is -2.40. The van der Waals surface area contributed by atoms with E-state index in [0.29, 0.717) is 0 Å². The Bertz CT molecular complexity index is 137. The molecule has 0 aliphatic carbocycles. The molecule has 0 unspecified atom stereocenters. The van der Waals surface area contributed by atoms with Crippen molar-refractivity contribution in [2.45, 2.75) is 6.92 Å². The lowest BCUT2D eigenvalue weighted by Gasteiger charge is -2.25. The van der Waals surface area contributed by atoms with E-state index in [0.717, 1.165) is 0 Å². The van der Waals surface area contributed by atoms with E-state index in [1.165, 1.54) is 6.92 Å². The van der Waals surface area contributed by atoms with Gasteiger partial charge < -0.3 is 5.11 Å². The summed E-state index contributed by atoms with van der Waals surface area (Å²) < 4.78 is 0. The van der Waals surface area contributed by atoms with Gasteiger partial charge in [0.2, 0.25) is 0 Å². The molecule has 0 radical (unpaired) electrons. The van der Waals surface area contributed by atoms with Crippen molar-refractivity contribution < 1.29 is 24.7 Å². The molecule has 0 saturated carbocycles. The molecule has 0 atom stereocenters. The molecule has 5 nitrogen and oxygen atoms in total. The predicted molar refractivity (Wildman–Crippen MR) is 28.7 cm³/mol. The highest BCUT2D eigenvalue weighted by Crippen LogP contribution is 2.21. The number of carbonyl (C=O) groups is 1. The fourth-order valence-corrected chi connectivity index (χ4v) is 0.507. The van der Waals surface area contributed by atoms with Crippen LogP contribution in [0.15, 0.2) is 0 Å². The van der Waals surface area contributed by atoms with E-state index >= 15 is 0 Å². The fourth-order valence-electron chi connectivity index (χ4n) is 0.507. The highest BCUT2D eigenvalue weighted by atomic mass is 17.5. The van der Waals surface area contributed by atoms with Crippen LogP contribution in [0.25, 0.3) is 0 Å². The monoisotopic (exact) mass is 148 g/mol. The summed E-state index contributed by atoms with van der Waals surface area (Å²) in [6.07, 6.45) is 0. The van der Waals surface area contributed by atoms with Crippen LogP contribution in [-0.2, 0) is 19.6 Å². The molecule has 0 bridgehead atoms. The molecule has 1 aliphatic rings. The molecular weight excluding hydrogens is 140 g/mol. The van der Waals surface area contributed by atoms with E-state index in [2.05, 4.69) is 14.8 Å². The number of carboxylic acids is 1. The van der Waals surface area contributed by atoms with E-state index in [4.69, 9.17) is 5.11 Å². The molecule has 58 valence electrons. The maximum atomic E-state index is 10.5. The zero-order valence-electron chi connectivity index (χ0n) is 5.49. The van der Waals surface area contributed by atoms with Crippen LogP contribution >= 0.6 is 0 Å². The highest BCUT2D eigenvalue weighted by Gasteiger charge is 2.38. The molecule has 1 rings (SSSR count). The highest BCUT2D eigenvalue weighted by molar-refractivity contribution is 5.74. The Kier molecular flexibility index (Phi) is 1.89. The fraction of sp³-hybridized carbons (Fsp3) is 0.800. The van der Waals surface area contributed by atoms with Crippen molar-refractivity contribution >= 4 is 5.97 Å². The Labute approximate surface area is 57.3 Å². The number of hydrogen-bond donors (Lipinski definition) is 1. The van der Waals surface area contributed by atoms with Crippen LogP contribution in [0.5, 0.6) is 0 Å². The first-order chi connectivity index (χ1) is 4.65. The molecule has 10 heavy (non-hydrogen) atoms. The summed E-state index contributed by atoms with van der Waals surface area (Å²) in [6.45, 7) is 1.56. The molecule has 1 saturated heterocycles. The Balaban J connectivity index is 2.56. The van der Waals surface area contributed by atoms with Gasteiger partial charge in [0, 0.05) is 0 Å². The van der Waals surface area contributed by atoms with E-state index in [-0.39, 0.29) is 13.2 Å². The molecule has 0 aromatic rings. The molecular formula is C5H8O5. The molecule has 0 aromatic heterocycles. The van der Waals surface area contributed by atoms with Crippen molar-refractivity contribution in [2.24, 2.45) is 5.41 Å². The van der Waals surface area contributed by atoms with Crippen LogP contribution in [0.4, 0.5) is 0 Å². The zero-order valence-corrected chi connectivity index (χ0v) is 5.49. The van der Waals surface area contributed by atoms with Crippen molar-refractivity contribution in [1.29, 1.82) is 0 Å². The standard InChI is InChI=1S/C5H8O5/c1-5(4(6)7)2-8-10-9-3-5/h2-3H2,1H3,(H,6,7). The Hall–Kier alpha value is -0.650. The van der Waals surface area contributed by atoms with Crippen molar-refractivity contribution in [3.63, 3.8) is 0 Å². The van der Waals surface area contributed by atoms with Crippen LogP contribution in [0.1, 0.15) is 6.92 Å². The molecule has 1 N–H and O–H groups in total. The maximum absolute atomic E-state index is 10.5. The van der Waals surface area contributed by atoms with Crippen LogP contribution in [0.2, 0.25) is 0 Å². The predicted octanol–water partition coefficient (Wildman–Crippen LogP) is -0.0293. The van der Waals surface area contributed by atoms with Gasteiger partial charge in [-0.25, -0.2) is 9.78 Å². The minimum atomic E-state index is -0.974. The second-order valence-electron chi connectivity index (χ2n) is 2.46. The van der Waals surface area contributed by atoms with Crippen molar-refractivity contribution in [3.05, 3.63) is 0 Å². The molecule has 5 heteroatoms. The molecule has 1 heterocycles. The van der Waals surface area contributed by atoms with Crippen LogP contribution in [0, 0.1) is 5.41 Å². The Morgan fingerprint density at radius 2 is 2.00 bits per heavy atom. The molecule has 1 fully saturated rings. The van der Waals surface area contributed by atoms with E-state index in [1.807, 2.05) is 0 Å². The van der Waals surface area contributed by atoms with E-state index in [9.17, 15) is 4.79 Å². The average molecular weight is 148 g/mol. The van der Waals surface area contributed by atoms with Gasteiger partial charge in [0.15, 0.2) is 0 Å². The first-order valence-electron chi connectivity index (χ1n) is 2.80. The first-order valence-corrected chi connectivity index (χ1v) is 2.80. The van der Waals surface area contributed by atoms with Gasteiger partial charge in [-0.3, -0.25) is 4.79 Å². The van der Waals surface area contributed by atoms with Gasteiger partial charge in [-0.2, -0.15) is 0 Å². The van der Waals surface area contributed by atoms with Crippen molar-refractivity contribution in [3.8, 4) is 0 Å². The number of hydrogen-bond acceptors (Lipinski definition) is 4. The smallest absolute Gasteiger partial charge is 0.314 e. The lowest BCUT2D eigenvalue weighted by molar-refractivity contribution is -0.546. The second kappa shape index (κ2) is 2.53. The van der Waals surface area contributed by atoms with Crippen molar-refractivity contribution in [1.82, 2.24) is 0 Å². The minimum absolute atomic E-state index is 0.0162. The molecule has 0 aromatic carbocycles. The first kappa shape index (κ1) is 7.46. The SMILES string of the molecule is CC1(C(=O)O)COOOC1. The van der Waals surface area contributed by atoms with Gasteiger partial charge in [0.05, 0.1) is 0 Å². The minimum Gasteiger partial charge on any atom is -0.481 e. The summed E-state index contributed by atoms with van der Waals surface area (Å²) in [5.74, 6) is -0.948. The summed E-state index contributed by atoms with van der Waals surface area (Å²) in [5.41, 5.74) is -0.974. The van der Waals surface area contributed by atoms with E-state index in [1.54, 1.807) is 0 Å². The third-order valence-corrected chi connectivity index (χ3v) is 1.37. The summed E-state index contributed by atoms with van der Waals surface area (Å²) >= 11 is 0. The topological polar surface area (TPSA) is 65.0 Å². The number of aliphatic carboxylic acids is 1. The van der Waals surface area contributed by atoms with E-state index < -0.39 is 11.4 Å². The largest absolute Gasteiger partial charge is 0.481 e. The normalized spacial score (nSPS) is 24.1.